The van der Waals surface area contributed by atoms with E-state index in [0.29, 0.717) is 13.2 Å². The molecule has 0 unspecified atom stereocenters. The summed E-state index contributed by atoms with van der Waals surface area (Å²) in [5.41, 5.74) is 2.77. The van der Waals surface area contributed by atoms with Crippen LogP contribution in [-0.4, -0.2) is 23.6 Å². The second kappa shape index (κ2) is 5.04. The van der Waals surface area contributed by atoms with Crippen molar-refractivity contribution in [3.05, 3.63) is 47.3 Å². The highest BCUT2D eigenvalue weighted by atomic mass is 16.6. The average Bonchev–Trinajstić information content (AvgIpc) is 2.74. The van der Waals surface area contributed by atoms with Crippen LogP contribution in [0, 0.1) is 13.8 Å². The Balaban J connectivity index is 1.80. The first-order valence-electron chi connectivity index (χ1n) is 6.69. The van der Waals surface area contributed by atoms with E-state index in [9.17, 15) is 4.79 Å². The van der Waals surface area contributed by atoms with Gasteiger partial charge in [-0.1, -0.05) is 12.1 Å². The molecule has 3 rings (SSSR count). The van der Waals surface area contributed by atoms with E-state index in [1.54, 1.807) is 0 Å². The number of carbonyl (C=O) groups is 1. The van der Waals surface area contributed by atoms with Crippen LogP contribution in [0.4, 0.5) is 0 Å². The van der Waals surface area contributed by atoms with Crippen LogP contribution in [0.15, 0.2) is 30.3 Å². The largest absolute Gasteiger partial charge is 0.486 e. The molecule has 0 radical (unpaired) electrons. The summed E-state index contributed by atoms with van der Waals surface area (Å²) in [6, 6.07) is 9.58. The number of aromatic nitrogens is 1. The lowest BCUT2D eigenvalue weighted by Gasteiger charge is -2.27. The third-order valence-corrected chi connectivity index (χ3v) is 3.69. The summed E-state index contributed by atoms with van der Waals surface area (Å²) in [5.74, 6) is 1.57. The monoisotopic (exact) mass is 271 g/mol. The number of hydrogen-bond acceptors (Lipinski definition) is 3. The van der Waals surface area contributed by atoms with Crippen LogP contribution in [0.5, 0.6) is 11.5 Å². The maximum Gasteiger partial charge on any atom is 0.161 e. The predicted molar refractivity (Wildman–Crippen MR) is 75.6 cm³/mol. The van der Waals surface area contributed by atoms with Crippen molar-refractivity contribution in [3.8, 4) is 11.5 Å². The fourth-order valence-electron chi connectivity index (χ4n) is 2.58. The molecule has 0 aliphatic carbocycles. The second-order valence-electron chi connectivity index (χ2n) is 5.05. The molecular formula is C16H17NO3. The van der Waals surface area contributed by atoms with Crippen molar-refractivity contribution in [2.24, 2.45) is 0 Å². The van der Waals surface area contributed by atoms with Gasteiger partial charge in [0.05, 0.1) is 6.54 Å². The van der Waals surface area contributed by atoms with Gasteiger partial charge in [-0.3, -0.25) is 4.79 Å². The molecule has 0 saturated heterocycles. The van der Waals surface area contributed by atoms with Crippen molar-refractivity contribution >= 4 is 6.29 Å². The SMILES string of the molecule is Cc1cc(C=O)c(C)n1C[C@@H]1COc2ccccc2O1. The van der Waals surface area contributed by atoms with Crippen LogP contribution in [0.2, 0.25) is 0 Å². The molecule has 2 aromatic rings. The Hall–Kier alpha value is -2.23. The highest BCUT2D eigenvalue weighted by molar-refractivity contribution is 5.77. The molecule has 0 bridgehead atoms. The first kappa shape index (κ1) is 12.8. The molecule has 104 valence electrons. The summed E-state index contributed by atoms with van der Waals surface area (Å²) >= 11 is 0. The quantitative estimate of drug-likeness (QED) is 0.806. The predicted octanol–water partition coefficient (Wildman–Crippen LogP) is 2.76. The van der Waals surface area contributed by atoms with Crippen LogP contribution in [0.3, 0.4) is 0 Å². The molecular weight excluding hydrogens is 254 g/mol. The molecule has 0 spiro atoms. The minimum absolute atomic E-state index is 0.0470. The molecule has 0 N–H and O–H groups in total. The third kappa shape index (κ3) is 2.18. The Morgan fingerprint density at radius 2 is 2.05 bits per heavy atom. The minimum Gasteiger partial charge on any atom is -0.486 e. The molecule has 0 saturated carbocycles. The van der Waals surface area contributed by atoms with Crippen molar-refractivity contribution in [1.82, 2.24) is 4.57 Å². The highest BCUT2D eigenvalue weighted by Crippen LogP contribution is 2.31. The van der Waals surface area contributed by atoms with E-state index in [1.165, 1.54) is 0 Å². The number of ether oxygens (including phenoxy) is 2. The summed E-state index contributed by atoms with van der Waals surface area (Å²) in [5, 5.41) is 0. The molecule has 4 heteroatoms. The molecule has 0 amide bonds. The second-order valence-corrected chi connectivity index (χ2v) is 5.05. The standard InChI is InChI=1S/C16H17NO3/c1-11-7-13(9-18)12(2)17(11)8-14-10-19-15-5-3-4-6-16(15)20-14/h3-7,9,14H,8,10H2,1-2H3/t14-/m1/s1. The van der Waals surface area contributed by atoms with E-state index in [2.05, 4.69) is 4.57 Å². The van der Waals surface area contributed by atoms with Crippen LogP contribution < -0.4 is 9.47 Å². The normalized spacial score (nSPS) is 17.0. The molecule has 4 nitrogen and oxygen atoms in total. The molecule has 1 atom stereocenters. The number of benzene rings is 1. The number of carbonyl (C=O) groups excluding carboxylic acids is 1. The van der Waals surface area contributed by atoms with Crippen LogP contribution in [0.25, 0.3) is 0 Å². The van der Waals surface area contributed by atoms with Crippen LogP contribution >= 0.6 is 0 Å². The summed E-state index contributed by atoms with van der Waals surface area (Å²) < 4.78 is 13.8. The number of rotatable bonds is 3. The van der Waals surface area contributed by atoms with E-state index in [0.717, 1.165) is 34.7 Å². The molecule has 1 aliphatic rings. The third-order valence-electron chi connectivity index (χ3n) is 3.69. The molecule has 20 heavy (non-hydrogen) atoms. The molecule has 1 aromatic carbocycles. The van der Waals surface area contributed by atoms with E-state index in [-0.39, 0.29) is 6.10 Å². The van der Waals surface area contributed by atoms with Gasteiger partial charge in [0.15, 0.2) is 23.9 Å². The van der Waals surface area contributed by atoms with Crippen molar-refractivity contribution in [2.75, 3.05) is 6.61 Å². The summed E-state index contributed by atoms with van der Waals surface area (Å²) in [6.07, 6.45) is 0.848. The maximum absolute atomic E-state index is 11.0. The van der Waals surface area contributed by atoms with E-state index < -0.39 is 0 Å². The van der Waals surface area contributed by atoms with Gasteiger partial charge < -0.3 is 14.0 Å². The Labute approximate surface area is 117 Å². The smallest absolute Gasteiger partial charge is 0.161 e. The van der Waals surface area contributed by atoms with Gasteiger partial charge in [0.1, 0.15) is 6.61 Å². The zero-order valence-corrected chi connectivity index (χ0v) is 11.6. The molecule has 2 heterocycles. The first-order valence-corrected chi connectivity index (χ1v) is 6.69. The first-order chi connectivity index (χ1) is 9.69. The van der Waals surface area contributed by atoms with Crippen LogP contribution in [-0.2, 0) is 6.54 Å². The number of hydrogen-bond donors (Lipinski definition) is 0. The number of aryl methyl sites for hydroxylation is 1. The Morgan fingerprint density at radius 1 is 1.30 bits per heavy atom. The van der Waals surface area contributed by atoms with Gasteiger partial charge in [0.25, 0.3) is 0 Å². The minimum atomic E-state index is -0.0470. The lowest BCUT2D eigenvalue weighted by molar-refractivity contribution is 0.0778. The van der Waals surface area contributed by atoms with E-state index >= 15 is 0 Å². The molecule has 0 fully saturated rings. The van der Waals surface area contributed by atoms with E-state index in [1.807, 2.05) is 44.2 Å². The fraction of sp³-hybridized carbons (Fsp3) is 0.312. The lowest BCUT2D eigenvalue weighted by Crippen LogP contribution is -2.33. The topological polar surface area (TPSA) is 40.5 Å². The van der Waals surface area contributed by atoms with Gasteiger partial charge >= 0.3 is 0 Å². The fourth-order valence-corrected chi connectivity index (χ4v) is 2.58. The molecule has 1 aromatic heterocycles. The van der Waals surface area contributed by atoms with Crippen molar-refractivity contribution < 1.29 is 14.3 Å². The Morgan fingerprint density at radius 3 is 2.75 bits per heavy atom. The van der Waals surface area contributed by atoms with Gasteiger partial charge in [-0.05, 0) is 32.0 Å². The van der Waals surface area contributed by atoms with Crippen LogP contribution in [0.1, 0.15) is 21.7 Å². The molecule has 1 aliphatic heterocycles. The van der Waals surface area contributed by atoms with Crippen molar-refractivity contribution in [1.29, 1.82) is 0 Å². The lowest BCUT2D eigenvalue weighted by atomic mass is 10.2. The van der Waals surface area contributed by atoms with Gasteiger partial charge in [-0.15, -0.1) is 0 Å². The van der Waals surface area contributed by atoms with Gasteiger partial charge in [-0.2, -0.15) is 0 Å². The van der Waals surface area contributed by atoms with Crippen molar-refractivity contribution in [3.63, 3.8) is 0 Å². The number of nitrogens with zero attached hydrogens (tertiary/aromatic N) is 1. The average molecular weight is 271 g/mol. The van der Waals surface area contributed by atoms with Gasteiger partial charge in [-0.25, -0.2) is 0 Å². The zero-order chi connectivity index (χ0) is 14.1. The number of para-hydroxylation sites is 2. The highest BCUT2D eigenvalue weighted by Gasteiger charge is 2.22. The maximum atomic E-state index is 11.0. The van der Waals surface area contributed by atoms with Crippen molar-refractivity contribution in [2.45, 2.75) is 26.5 Å². The van der Waals surface area contributed by atoms with Gasteiger partial charge in [0.2, 0.25) is 0 Å². The Bertz CT molecular complexity index is 645. The number of fused-ring (bicyclic) bond motifs is 1. The number of aldehydes is 1. The van der Waals surface area contributed by atoms with E-state index in [4.69, 9.17) is 9.47 Å². The summed E-state index contributed by atoms with van der Waals surface area (Å²) in [7, 11) is 0. The summed E-state index contributed by atoms with van der Waals surface area (Å²) in [6.45, 7) is 5.15. The summed E-state index contributed by atoms with van der Waals surface area (Å²) in [4.78, 5) is 11.0. The zero-order valence-electron chi connectivity index (χ0n) is 11.6. The van der Waals surface area contributed by atoms with Gasteiger partial charge in [0, 0.05) is 17.0 Å². The Kier molecular flexibility index (Phi) is 3.22.